The van der Waals surface area contributed by atoms with Gasteiger partial charge in [0.25, 0.3) is 0 Å². The molecule has 0 amide bonds. The average Bonchev–Trinajstić information content (AvgIpc) is 2.22. The summed E-state index contributed by atoms with van der Waals surface area (Å²) in [5.41, 5.74) is 1.28. The zero-order chi connectivity index (χ0) is 11.4. The molecule has 1 nitrogen and oxygen atoms in total. The molecule has 1 atom stereocenters. The van der Waals surface area contributed by atoms with Crippen molar-refractivity contribution < 1.29 is 4.74 Å². The first-order valence-corrected chi connectivity index (χ1v) is 8.04. The van der Waals surface area contributed by atoms with E-state index in [1.54, 1.807) is 0 Å². The minimum atomic E-state index is 0.249. The summed E-state index contributed by atoms with van der Waals surface area (Å²) in [6, 6.07) is 8.43. The Bertz CT molecular complexity index is 338. The fraction of sp³-hybridized carbons (Fsp3) is 0.538. The van der Waals surface area contributed by atoms with Crippen LogP contribution in [0.25, 0.3) is 0 Å². The Morgan fingerprint density at radius 1 is 1.44 bits per heavy atom. The Morgan fingerprint density at radius 2 is 2.25 bits per heavy atom. The van der Waals surface area contributed by atoms with Gasteiger partial charge in [0.1, 0.15) is 0 Å². The molecule has 1 aromatic carbocycles. The van der Waals surface area contributed by atoms with E-state index in [9.17, 15) is 0 Å². The first-order valence-electron chi connectivity index (χ1n) is 5.72. The van der Waals surface area contributed by atoms with Crippen molar-refractivity contribution in [3.63, 3.8) is 0 Å². The summed E-state index contributed by atoms with van der Waals surface area (Å²) in [4.78, 5) is 0. The van der Waals surface area contributed by atoms with Gasteiger partial charge in [0.15, 0.2) is 0 Å². The van der Waals surface area contributed by atoms with Crippen LogP contribution in [0.3, 0.4) is 0 Å². The van der Waals surface area contributed by atoms with Crippen molar-refractivity contribution in [2.75, 3.05) is 11.0 Å². The quantitative estimate of drug-likeness (QED) is 0.517. The fourth-order valence-electron chi connectivity index (χ4n) is 1.85. The van der Waals surface area contributed by atoms with E-state index < -0.39 is 0 Å². The number of ether oxygens (including phenoxy) is 1. The summed E-state index contributed by atoms with van der Waals surface area (Å²) in [6.45, 7) is 0.931. The zero-order valence-corrected chi connectivity index (χ0v) is 12.9. The van der Waals surface area contributed by atoms with E-state index in [4.69, 9.17) is 4.74 Å². The summed E-state index contributed by atoms with van der Waals surface area (Å²) < 4.78 is 8.15. The SMILES string of the molecule is Brc1cccc(C(CI)OCC2CCC2)c1. The molecule has 0 aromatic heterocycles. The van der Waals surface area contributed by atoms with Gasteiger partial charge < -0.3 is 4.74 Å². The van der Waals surface area contributed by atoms with Gasteiger partial charge in [0.2, 0.25) is 0 Å². The molecule has 88 valence electrons. The smallest absolute Gasteiger partial charge is 0.0914 e. The summed E-state index contributed by atoms with van der Waals surface area (Å²) in [6.07, 6.45) is 4.34. The van der Waals surface area contributed by atoms with Gasteiger partial charge in [0.05, 0.1) is 12.7 Å². The number of hydrogen-bond donors (Lipinski definition) is 0. The predicted octanol–water partition coefficient (Wildman–Crippen LogP) is 4.74. The minimum Gasteiger partial charge on any atom is -0.372 e. The van der Waals surface area contributed by atoms with Crippen LogP contribution < -0.4 is 0 Å². The molecule has 2 rings (SSSR count). The zero-order valence-electron chi connectivity index (χ0n) is 9.16. The van der Waals surface area contributed by atoms with Crippen LogP contribution in [0.2, 0.25) is 0 Å². The predicted molar refractivity (Wildman–Crippen MR) is 79.1 cm³/mol. The fourth-order valence-corrected chi connectivity index (χ4v) is 3.03. The Balaban J connectivity index is 1.92. The van der Waals surface area contributed by atoms with E-state index in [1.807, 2.05) is 0 Å². The normalized spacial score (nSPS) is 18.1. The lowest BCUT2D eigenvalue weighted by atomic mass is 9.86. The van der Waals surface area contributed by atoms with Gasteiger partial charge in [-0.25, -0.2) is 0 Å². The highest BCUT2D eigenvalue weighted by atomic mass is 127. The lowest BCUT2D eigenvalue weighted by molar-refractivity contribution is 0.0232. The molecular formula is C13H16BrIO. The van der Waals surface area contributed by atoms with Crippen molar-refractivity contribution >= 4 is 38.5 Å². The van der Waals surface area contributed by atoms with Crippen LogP contribution in [0.5, 0.6) is 0 Å². The largest absolute Gasteiger partial charge is 0.372 e. The molecule has 0 radical (unpaired) electrons. The van der Waals surface area contributed by atoms with E-state index in [0.29, 0.717) is 0 Å². The van der Waals surface area contributed by atoms with Crippen molar-refractivity contribution in [3.05, 3.63) is 34.3 Å². The van der Waals surface area contributed by atoms with E-state index in [-0.39, 0.29) is 6.10 Å². The highest BCUT2D eigenvalue weighted by molar-refractivity contribution is 14.1. The van der Waals surface area contributed by atoms with Gasteiger partial charge in [-0.1, -0.05) is 57.1 Å². The maximum atomic E-state index is 6.01. The molecule has 1 aliphatic carbocycles. The standard InChI is InChI=1S/C13H16BrIO/c14-12-6-2-5-11(7-12)13(8-15)16-9-10-3-1-4-10/h2,5-7,10,13H,1,3-4,8-9H2. The molecule has 0 spiro atoms. The number of rotatable bonds is 5. The van der Waals surface area contributed by atoms with Crippen LogP contribution in [0.1, 0.15) is 30.9 Å². The van der Waals surface area contributed by atoms with E-state index >= 15 is 0 Å². The van der Waals surface area contributed by atoms with Crippen molar-refractivity contribution in [2.45, 2.75) is 25.4 Å². The molecule has 1 aliphatic rings. The summed E-state index contributed by atoms with van der Waals surface area (Å²) in [7, 11) is 0. The second-order valence-electron chi connectivity index (χ2n) is 4.33. The summed E-state index contributed by atoms with van der Waals surface area (Å²) >= 11 is 5.91. The van der Waals surface area contributed by atoms with Gasteiger partial charge in [-0.2, -0.15) is 0 Å². The number of benzene rings is 1. The lowest BCUT2D eigenvalue weighted by Crippen LogP contribution is -2.19. The topological polar surface area (TPSA) is 9.23 Å². The van der Waals surface area contributed by atoms with E-state index in [0.717, 1.165) is 21.4 Å². The molecule has 1 aromatic rings. The molecule has 16 heavy (non-hydrogen) atoms. The first kappa shape index (κ1) is 12.8. The maximum Gasteiger partial charge on any atom is 0.0914 e. The number of hydrogen-bond acceptors (Lipinski definition) is 1. The van der Waals surface area contributed by atoms with Crippen molar-refractivity contribution in [1.82, 2.24) is 0 Å². The molecule has 3 heteroatoms. The molecule has 0 saturated heterocycles. The minimum absolute atomic E-state index is 0.249. The van der Waals surface area contributed by atoms with Gasteiger partial charge in [-0.05, 0) is 36.5 Å². The van der Waals surface area contributed by atoms with Crippen LogP contribution in [-0.4, -0.2) is 11.0 Å². The van der Waals surface area contributed by atoms with Gasteiger partial charge in [-0.3, -0.25) is 0 Å². The molecule has 1 fully saturated rings. The molecule has 1 saturated carbocycles. The number of alkyl halides is 1. The van der Waals surface area contributed by atoms with Crippen LogP contribution in [-0.2, 0) is 4.74 Å². The van der Waals surface area contributed by atoms with Crippen molar-refractivity contribution in [3.8, 4) is 0 Å². The Hall–Kier alpha value is 0.390. The second-order valence-corrected chi connectivity index (χ2v) is 6.12. The van der Waals surface area contributed by atoms with Crippen LogP contribution in [0.15, 0.2) is 28.7 Å². The average molecular weight is 395 g/mol. The lowest BCUT2D eigenvalue weighted by Gasteiger charge is -2.27. The van der Waals surface area contributed by atoms with E-state index in [1.165, 1.54) is 24.8 Å². The maximum absolute atomic E-state index is 6.01. The van der Waals surface area contributed by atoms with Crippen molar-refractivity contribution in [1.29, 1.82) is 0 Å². The molecule has 0 N–H and O–H groups in total. The van der Waals surface area contributed by atoms with Gasteiger partial charge >= 0.3 is 0 Å². The second kappa shape index (κ2) is 6.36. The van der Waals surface area contributed by atoms with E-state index in [2.05, 4.69) is 62.8 Å². The van der Waals surface area contributed by atoms with Crippen LogP contribution >= 0.6 is 38.5 Å². The summed E-state index contributed by atoms with van der Waals surface area (Å²) in [5, 5.41) is 0. The highest BCUT2D eigenvalue weighted by Gasteiger charge is 2.20. The molecule has 0 heterocycles. The van der Waals surface area contributed by atoms with Crippen molar-refractivity contribution in [2.24, 2.45) is 5.92 Å². The Morgan fingerprint density at radius 3 is 2.81 bits per heavy atom. The van der Waals surface area contributed by atoms with Gasteiger partial charge in [-0.15, -0.1) is 0 Å². The van der Waals surface area contributed by atoms with Crippen LogP contribution in [0.4, 0.5) is 0 Å². The third-order valence-corrected chi connectivity index (χ3v) is 4.41. The molecule has 0 bridgehead atoms. The third kappa shape index (κ3) is 3.44. The highest BCUT2D eigenvalue weighted by Crippen LogP contribution is 2.30. The summed E-state index contributed by atoms with van der Waals surface area (Å²) in [5.74, 6) is 0.817. The Labute approximate surface area is 119 Å². The van der Waals surface area contributed by atoms with Crippen LogP contribution in [0, 0.1) is 5.92 Å². The molecule has 1 unspecified atom stereocenters. The molecular weight excluding hydrogens is 379 g/mol. The third-order valence-electron chi connectivity index (χ3n) is 3.12. The first-order chi connectivity index (χ1) is 7.79. The number of halogens is 2. The Kier molecular flexibility index (Phi) is 5.10. The molecule has 0 aliphatic heterocycles. The monoisotopic (exact) mass is 394 g/mol. The van der Waals surface area contributed by atoms with Gasteiger partial charge in [0, 0.05) is 8.90 Å².